The Morgan fingerprint density at radius 2 is 1.92 bits per heavy atom. The molecule has 1 amide bonds. The molecular formula is C26H23ClF2N2O5. The molecular weight excluding hydrogens is 494 g/mol. The number of pyridine rings is 1. The fourth-order valence-electron chi connectivity index (χ4n) is 3.95. The van der Waals surface area contributed by atoms with Gasteiger partial charge in [0.1, 0.15) is 29.2 Å². The van der Waals surface area contributed by atoms with Crippen molar-refractivity contribution < 1.29 is 33.0 Å². The molecule has 2 heterocycles. The number of benzene rings is 2. The molecule has 1 aliphatic rings. The Bertz CT molecular complexity index is 1250. The van der Waals surface area contributed by atoms with Gasteiger partial charge in [0.2, 0.25) is 0 Å². The number of nitrogens with zero attached hydrogens (tertiary/aromatic N) is 2. The lowest BCUT2D eigenvalue weighted by atomic mass is 10.00. The van der Waals surface area contributed by atoms with Crippen molar-refractivity contribution in [3.8, 4) is 5.75 Å². The van der Waals surface area contributed by atoms with Crippen molar-refractivity contribution >= 4 is 23.5 Å². The Morgan fingerprint density at radius 1 is 1.19 bits per heavy atom. The summed E-state index contributed by atoms with van der Waals surface area (Å²) in [5, 5.41) is 9.45. The minimum atomic E-state index is -1.18. The molecule has 2 aromatic carbocycles. The van der Waals surface area contributed by atoms with Crippen LogP contribution in [0.25, 0.3) is 0 Å². The van der Waals surface area contributed by atoms with Crippen LogP contribution in [0, 0.1) is 11.6 Å². The molecule has 4 rings (SSSR count). The summed E-state index contributed by atoms with van der Waals surface area (Å²) < 4.78 is 39.0. The molecule has 0 spiro atoms. The van der Waals surface area contributed by atoms with E-state index in [1.165, 1.54) is 23.2 Å². The fourth-order valence-corrected chi connectivity index (χ4v) is 4.25. The third-order valence-electron chi connectivity index (χ3n) is 5.78. The van der Waals surface area contributed by atoms with E-state index in [4.69, 9.17) is 26.2 Å². The molecule has 10 heteroatoms. The summed E-state index contributed by atoms with van der Waals surface area (Å²) in [6.07, 6.45) is 1.64. The Morgan fingerprint density at radius 3 is 2.47 bits per heavy atom. The lowest BCUT2D eigenvalue weighted by molar-refractivity contribution is -0.0796. The highest BCUT2D eigenvalue weighted by atomic mass is 35.5. The maximum absolute atomic E-state index is 14.0. The summed E-state index contributed by atoms with van der Waals surface area (Å²) in [4.78, 5) is 30.1. The van der Waals surface area contributed by atoms with Gasteiger partial charge in [-0.05, 0) is 41.8 Å². The van der Waals surface area contributed by atoms with Crippen LogP contribution in [-0.4, -0.2) is 46.2 Å². The second-order valence-corrected chi connectivity index (χ2v) is 8.69. The number of carbonyl (C=O) groups excluding carboxylic acids is 1. The molecule has 1 atom stereocenters. The van der Waals surface area contributed by atoms with Crippen molar-refractivity contribution in [3.05, 3.63) is 93.8 Å². The van der Waals surface area contributed by atoms with Crippen LogP contribution in [0.4, 0.5) is 8.78 Å². The number of halogens is 3. The fraction of sp³-hybridized carbons (Fsp3) is 0.269. The number of carbonyl (C=O) groups is 2. The Kier molecular flexibility index (Phi) is 7.81. The number of amides is 1. The molecule has 0 unspecified atom stereocenters. The van der Waals surface area contributed by atoms with Crippen LogP contribution < -0.4 is 4.74 Å². The van der Waals surface area contributed by atoms with E-state index in [-0.39, 0.29) is 23.9 Å². The monoisotopic (exact) mass is 516 g/mol. The zero-order valence-electron chi connectivity index (χ0n) is 19.3. The van der Waals surface area contributed by atoms with Gasteiger partial charge in [0, 0.05) is 24.4 Å². The smallest absolute Gasteiger partial charge is 0.354 e. The Balaban J connectivity index is 1.73. The van der Waals surface area contributed by atoms with Crippen LogP contribution in [0.5, 0.6) is 5.75 Å². The maximum atomic E-state index is 14.0. The van der Waals surface area contributed by atoms with E-state index >= 15 is 0 Å². The van der Waals surface area contributed by atoms with Crippen molar-refractivity contribution in [1.82, 2.24) is 9.88 Å². The molecule has 1 aliphatic heterocycles. The third kappa shape index (κ3) is 5.63. The molecule has 3 aromatic rings. The van der Waals surface area contributed by atoms with Gasteiger partial charge in [-0.1, -0.05) is 36.7 Å². The molecule has 1 saturated heterocycles. The van der Waals surface area contributed by atoms with Crippen LogP contribution in [-0.2, 0) is 11.3 Å². The van der Waals surface area contributed by atoms with Crippen molar-refractivity contribution in [1.29, 1.82) is 0 Å². The summed E-state index contributed by atoms with van der Waals surface area (Å²) in [6.45, 7) is 2.74. The molecule has 0 radical (unpaired) electrons. The largest absolute Gasteiger partial charge is 0.484 e. The van der Waals surface area contributed by atoms with E-state index in [2.05, 4.69) is 4.98 Å². The van der Waals surface area contributed by atoms with E-state index in [1.807, 2.05) is 6.92 Å². The summed E-state index contributed by atoms with van der Waals surface area (Å²) >= 11 is 6.71. The first-order valence-electron chi connectivity index (χ1n) is 11.2. The summed E-state index contributed by atoms with van der Waals surface area (Å²) in [7, 11) is 0. The quantitative estimate of drug-likeness (QED) is 0.416. The van der Waals surface area contributed by atoms with Crippen LogP contribution in [0.1, 0.15) is 51.4 Å². The topological polar surface area (TPSA) is 89.0 Å². The van der Waals surface area contributed by atoms with Crippen LogP contribution >= 0.6 is 11.6 Å². The van der Waals surface area contributed by atoms with Gasteiger partial charge in [-0.15, -0.1) is 0 Å². The highest BCUT2D eigenvalue weighted by Crippen LogP contribution is 2.38. The summed E-state index contributed by atoms with van der Waals surface area (Å²) in [6, 6.07) is 10.1. The van der Waals surface area contributed by atoms with Crippen LogP contribution in [0.15, 0.2) is 54.7 Å². The maximum Gasteiger partial charge on any atom is 0.354 e. The lowest BCUT2D eigenvalue weighted by Gasteiger charge is -2.33. The average molecular weight is 517 g/mol. The van der Waals surface area contributed by atoms with Gasteiger partial charge in [-0.2, -0.15) is 0 Å². The molecule has 0 saturated carbocycles. The van der Waals surface area contributed by atoms with Gasteiger partial charge in [0.25, 0.3) is 5.91 Å². The summed E-state index contributed by atoms with van der Waals surface area (Å²) in [5.41, 5.74) is 0.802. The predicted molar refractivity (Wildman–Crippen MR) is 127 cm³/mol. The molecule has 36 heavy (non-hydrogen) atoms. The van der Waals surface area contributed by atoms with Crippen molar-refractivity contribution in [2.75, 3.05) is 13.2 Å². The second-order valence-electron chi connectivity index (χ2n) is 8.31. The summed E-state index contributed by atoms with van der Waals surface area (Å²) in [5.74, 6) is -3.13. The molecule has 188 valence electrons. The first kappa shape index (κ1) is 25.5. The number of ether oxygens (including phenoxy) is 2. The molecule has 7 nitrogen and oxygen atoms in total. The molecule has 1 N–H and O–H groups in total. The number of carboxylic acids is 1. The van der Waals surface area contributed by atoms with E-state index in [1.54, 1.807) is 18.2 Å². The molecule has 1 fully saturated rings. The molecule has 0 aliphatic carbocycles. The average Bonchev–Trinajstić information content (AvgIpc) is 2.82. The van der Waals surface area contributed by atoms with E-state index in [0.29, 0.717) is 47.6 Å². The van der Waals surface area contributed by atoms with Gasteiger partial charge >= 0.3 is 5.97 Å². The second kappa shape index (κ2) is 11.0. The predicted octanol–water partition coefficient (Wildman–Crippen LogP) is 5.28. The van der Waals surface area contributed by atoms with Gasteiger partial charge < -0.3 is 19.5 Å². The Hall–Kier alpha value is -3.56. The van der Waals surface area contributed by atoms with Gasteiger partial charge in [-0.25, -0.2) is 18.6 Å². The highest BCUT2D eigenvalue weighted by molar-refractivity contribution is 6.33. The number of hydrogen-bond donors (Lipinski definition) is 1. The standard InChI is InChI=1S/C26H23ClF2N2O5/c1-2-22(20-4-3-5-23(24(20)27)36-19-13-35-14-19)31(12-15-6-7-21(26(33)34)30-11-15)25(32)16-8-17(28)10-18(29)9-16/h3-11,19,22H,2,12-14H2,1H3,(H,33,34)/t22-/m0/s1. The third-order valence-corrected chi connectivity index (χ3v) is 6.19. The van der Waals surface area contributed by atoms with Crippen molar-refractivity contribution in [2.45, 2.75) is 32.0 Å². The highest BCUT2D eigenvalue weighted by Gasteiger charge is 2.29. The zero-order valence-corrected chi connectivity index (χ0v) is 20.0. The van der Waals surface area contributed by atoms with Gasteiger partial charge in [0.05, 0.1) is 24.3 Å². The molecule has 1 aromatic heterocycles. The number of carboxylic acid groups (broad SMARTS) is 1. The number of rotatable bonds is 9. The first-order chi connectivity index (χ1) is 17.3. The van der Waals surface area contributed by atoms with Crippen LogP contribution in [0.2, 0.25) is 5.02 Å². The van der Waals surface area contributed by atoms with E-state index < -0.39 is 29.6 Å². The Labute approximate surface area is 211 Å². The van der Waals surface area contributed by atoms with E-state index in [0.717, 1.165) is 12.1 Å². The first-order valence-corrected chi connectivity index (χ1v) is 11.6. The zero-order chi connectivity index (χ0) is 25.8. The van der Waals surface area contributed by atoms with Crippen LogP contribution in [0.3, 0.4) is 0 Å². The van der Waals surface area contributed by atoms with Crippen molar-refractivity contribution in [2.24, 2.45) is 0 Å². The van der Waals surface area contributed by atoms with Gasteiger partial charge in [0.15, 0.2) is 0 Å². The number of aromatic carboxylic acids is 1. The van der Waals surface area contributed by atoms with Gasteiger partial charge in [-0.3, -0.25) is 4.79 Å². The number of hydrogen-bond acceptors (Lipinski definition) is 5. The normalized spacial score (nSPS) is 14.1. The minimum absolute atomic E-state index is 0.0136. The minimum Gasteiger partial charge on any atom is -0.484 e. The van der Waals surface area contributed by atoms with E-state index in [9.17, 15) is 18.4 Å². The SMILES string of the molecule is CC[C@@H](c1cccc(OC2COC2)c1Cl)N(Cc1ccc(C(=O)O)nc1)C(=O)c1cc(F)cc(F)c1. The number of aromatic nitrogens is 1. The van der Waals surface area contributed by atoms with Crippen molar-refractivity contribution in [3.63, 3.8) is 0 Å². The lowest BCUT2D eigenvalue weighted by Crippen LogP contribution is -2.38. The molecule has 0 bridgehead atoms.